The lowest BCUT2D eigenvalue weighted by Gasteiger charge is -2.23. The SMILES string of the molecule is C=C[C@@H](NC(=O)OC(C)(C)C)c1cccc(C(F)(F)C(=O)C2CC2)c1. The third-order valence-electron chi connectivity index (χ3n) is 3.77. The van der Waals surface area contributed by atoms with Crippen molar-refractivity contribution in [2.45, 2.75) is 51.2 Å². The summed E-state index contributed by atoms with van der Waals surface area (Å²) in [5.74, 6) is -5.12. The molecule has 1 N–H and O–H groups in total. The second kappa shape index (κ2) is 6.94. The summed E-state index contributed by atoms with van der Waals surface area (Å²) in [6.45, 7) is 8.79. The zero-order chi connectivity index (χ0) is 18.8. The third kappa shape index (κ3) is 4.87. The number of nitrogens with one attached hydrogen (secondary N) is 1. The molecule has 2 rings (SSSR count). The Morgan fingerprint density at radius 3 is 2.48 bits per heavy atom. The second-order valence-electron chi connectivity index (χ2n) is 7.20. The molecular weight excluding hydrogens is 328 g/mol. The van der Waals surface area contributed by atoms with Crippen molar-refractivity contribution in [3.8, 4) is 0 Å². The summed E-state index contributed by atoms with van der Waals surface area (Å²) in [5.41, 5.74) is -0.650. The van der Waals surface area contributed by atoms with Crippen LogP contribution in [0.2, 0.25) is 0 Å². The Balaban J connectivity index is 2.19. The normalized spacial score (nSPS) is 16.0. The van der Waals surface area contributed by atoms with Gasteiger partial charge in [-0.3, -0.25) is 4.79 Å². The van der Waals surface area contributed by atoms with Crippen molar-refractivity contribution >= 4 is 11.9 Å². The number of alkyl halides is 2. The number of Topliss-reactive ketones (excluding diaryl/α,β-unsaturated/α-hetero) is 1. The average Bonchev–Trinajstić information content (AvgIpc) is 3.35. The minimum absolute atomic E-state index is 0.375. The van der Waals surface area contributed by atoms with E-state index in [1.165, 1.54) is 24.3 Å². The lowest BCUT2D eigenvalue weighted by Crippen LogP contribution is -2.34. The van der Waals surface area contributed by atoms with Crippen molar-refractivity contribution in [2.24, 2.45) is 5.92 Å². The van der Waals surface area contributed by atoms with Crippen LogP contribution >= 0.6 is 0 Å². The van der Waals surface area contributed by atoms with Crippen LogP contribution in [0, 0.1) is 5.92 Å². The molecule has 1 amide bonds. The molecule has 0 saturated heterocycles. The highest BCUT2D eigenvalue weighted by Gasteiger charge is 2.48. The Morgan fingerprint density at radius 1 is 1.32 bits per heavy atom. The fourth-order valence-electron chi connectivity index (χ4n) is 2.38. The molecule has 1 fully saturated rings. The van der Waals surface area contributed by atoms with E-state index < -0.39 is 35.4 Å². The fraction of sp³-hybridized carbons (Fsp3) is 0.474. The first-order valence-corrected chi connectivity index (χ1v) is 8.19. The maximum atomic E-state index is 14.4. The number of amides is 1. The molecule has 1 aromatic carbocycles. The van der Waals surface area contributed by atoms with Crippen molar-refractivity contribution in [2.75, 3.05) is 0 Å². The molecule has 0 unspecified atom stereocenters. The summed E-state index contributed by atoms with van der Waals surface area (Å²) in [6, 6.07) is 4.76. The van der Waals surface area contributed by atoms with E-state index in [0.717, 1.165) is 0 Å². The predicted molar refractivity (Wildman–Crippen MR) is 90.4 cm³/mol. The number of hydrogen-bond acceptors (Lipinski definition) is 3. The van der Waals surface area contributed by atoms with E-state index in [9.17, 15) is 18.4 Å². The predicted octanol–water partition coefficient (Wildman–Crippen LogP) is 4.51. The second-order valence-corrected chi connectivity index (χ2v) is 7.20. The van der Waals surface area contributed by atoms with Gasteiger partial charge in [-0.2, -0.15) is 8.78 Å². The minimum Gasteiger partial charge on any atom is -0.444 e. The van der Waals surface area contributed by atoms with Crippen molar-refractivity contribution < 1.29 is 23.1 Å². The van der Waals surface area contributed by atoms with E-state index in [-0.39, 0.29) is 5.56 Å². The lowest BCUT2D eigenvalue weighted by molar-refractivity contribution is -0.145. The van der Waals surface area contributed by atoms with Crippen LogP contribution in [0.1, 0.15) is 50.8 Å². The molecule has 1 aliphatic carbocycles. The van der Waals surface area contributed by atoms with E-state index >= 15 is 0 Å². The van der Waals surface area contributed by atoms with Crippen molar-refractivity contribution in [1.29, 1.82) is 0 Å². The van der Waals surface area contributed by atoms with Gasteiger partial charge in [-0.1, -0.05) is 24.3 Å². The standard InChI is InChI=1S/C19H23F2NO3/c1-5-15(22-17(24)25-18(2,3)4)13-7-6-8-14(11-13)19(20,21)16(23)12-9-10-12/h5-8,11-12,15H,1,9-10H2,2-4H3,(H,22,24)/t15-/m1/s1. The number of ketones is 1. The summed E-state index contributed by atoms with van der Waals surface area (Å²) in [4.78, 5) is 23.8. The number of rotatable bonds is 6. The highest BCUT2D eigenvalue weighted by molar-refractivity contribution is 5.90. The summed E-state index contributed by atoms with van der Waals surface area (Å²) < 4.78 is 33.9. The maximum absolute atomic E-state index is 14.4. The van der Waals surface area contributed by atoms with Gasteiger partial charge in [-0.05, 0) is 45.2 Å². The zero-order valence-corrected chi connectivity index (χ0v) is 14.6. The van der Waals surface area contributed by atoms with E-state index in [4.69, 9.17) is 4.74 Å². The number of halogens is 2. The number of carbonyl (C=O) groups is 2. The van der Waals surface area contributed by atoms with Crippen molar-refractivity contribution in [3.05, 3.63) is 48.0 Å². The van der Waals surface area contributed by atoms with Gasteiger partial charge in [-0.15, -0.1) is 6.58 Å². The molecule has 6 heteroatoms. The average molecular weight is 351 g/mol. The van der Waals surface area contributed by atoms with Gasteiger partial charge in [0.25, 0.3) is 0 Å². The third-order valence-corrected chi connectivity index (χ3v) is 3.77. The molecule has 0 aromatic heterocycles. The van der Waals surface area contributed by atoms with E-state index in [1.807, 2.05) is 0 Å². The summed E-state index contributed by atoms with van der Waals surface area (Å²) >= 11 is 0. The minimum atomic E-state index is -3.53. The largest absolute Gasteiger partial charge is 0.444 e. The molecule has 25 heavy (non-hydrogen) atoms. The Bertz CT molecular complexity index is 675. The van der Waals surface area contributed by atoms with Crippen LogP contribution in [0.15, 0.2) is 36.9 Å². The van der Waals surface area contributed by atoms with Gasteiger partial charge in [0.2, 0.25) is 5.78 Å². The number of benzene rings is 1. The molecule has 1 aromatic rings. The Labute approximate surface area is 146 Å². The molecular formula is C19H23F2NO3. The smallest absolute Gasteiger partial charge is 0.408 e. The fourth-order valence-corrected chi connectivity index (χ4v) is 2.38. The van der Waals surface area contributed by atoms with Gasteiger partial charge in [0.1, 0.15) is 5.60 Å². The highest BCUT2D eigenvalue weighted by atomic mass is 19.3. The van der Waals surface area contributed by atoms with Gasteiger partial charge < -0.3 is 10.1 Å². The van der Waals surface area contributed by atoms with Crippen LogP contribution in [-0.4, -0.2) is 17.5 Å². The van der Waals surface area contributed by atoms with Crippen molar-refractivity contribution in [1.82, 2.24) is 5.32 Å². The number of hydrogen-bond donors (Lipinski definition) is 1. The molecule has 0 spiro atoms. The van der Waals surface area contributed by atoms with Gasteiger partial charge in [0, 0.05) is 11.5 Å². The van der Waals surface area contributed by atoms with Crippen molar-refractivity contribution in [3.63, 3.8) is 0 Å². The van der Waals surface area contributed by atoms with E-state index in [2.05, 4.69) is 11.9 Å². The van der Waals surface area contributed by atoms with Gasteiger partial charge in [0.15, 0.2) is 0 Å². The molecule has 0 radical (unpaired) electrons. The quantitative estimate of drug-likeness (QED) is 0.767. The monoisotopic (exact) mass is 351 g/mol. The topological polar surface area (TPSA) is 55.4 Å². The molecule has 0 aliphatic heterocycles. The van der Waals surface area contributed by atoms with Crippen LogP contribution in [0.4, 0.5) is 13.6 Å². The molecule has 136 valence electrons. The zero-order valence-electron chi connectivity index (χ0n) is 14.6. The molecule has 4 nitrogen and oxygen atoms in total. The maximum Gasteiger partial charge on any atom is 0.408 e. The van der Waals surface area contributed by atoms with Crippen LogP contribution in [0.3, 0.4) is 0 Å². The Morgan fingerprint density at radius 2 is 1.96 bits per heavy atom. The van der Waals surface area contributed by atoms with Crippen LogP contribution in [0.5, 0.6) is 0 Å². The first kappa shape index (κ1) is 19.1. The first-order chi connectivity index (χ1) is 11.5. The highest BCUT2D eigenvalue weighted by Crippen LogP contribution is 2.41. The Kier molecular flexibility index (Phi) is 5.30. The van der Waals surface area contributed by atoms with Crippen LogP contribution in [-0.2, 0) is 15.5 Å². The van der Waals surface area contributed by atoms with Gasteiger partial charge >= 0.3 is 12.0 Å². The molecule has 1 aliphatic rings. The first-order valence-electron chi connectivity index (χ1n) is 8.19. The van der Waals surface area contributed by atoms with E-state index in [0.29, 0.717) is 18.4 Å². The summed E-state index contributed by atoms with van der Waals surface area (Å²) in [7, 11) is 0. The summed E-state index contributed by atoms with van der Waals surface area (Å²) in [5, 5.41) is 2.57. The number of ether oxygens (including phenoxy) is 1. The molecule has 0 heterocycles. The van der Waals surface area contributed by atoms with Crippen LogP contribution < -0.4 is 5.32 Å². The molecule has 1 atom stereocenters. The van der Waals surface area contributed by atoms with Gasteiger partial charge in [-0.25, -0.2) is 4.79 Å². The Hall–Kier alpha value is -2.24. The number of carbonyl (C=O) groups excluding carboxylic acids is 2. The molecule has 0 bridgehead atoms. The lowest BCUT2D eigenvalue weighted by atomic mass is 9.97. The molecule has 1 saturated carbocycles. The van der Waals surface area contributed by atoms with Crippen LogP contribution in [0.25, 0.3) is 0 Å². The number of alkyl carbamates (subject to hydrolysis) is 1. The van der Waals surface area contributed by atoms with E-state index in [1.54, 1.807) is 26.8 Å². The summed E-state index contributed by atoms with van der Waals surface area (Å²) in [6.07, 6.45) is 1.78. The van der Waals surface area contributed by atoms with Gasteiger partial charge in [0.05, 0.1) is 6.04 Å².